The summed E-state index contributed by atoms with van der Waals surface area (Å²) in [6, 6.07) is 10.4. The average Bonchev–Trinajstić information content (AvgIpc) is 2.95. The first-order valence-electron chi connectivity index (χ1n) is 8.79. The third-order valence-corrected chi connectivity index (χ3v) is 6.68. The van der Waals surface area contributed by atoms with E-state index in [1.54, 1.807) is 17.7 Å². The van der Waals surface area contributed by atoms with Crippen molar-refractivity contribution in [2.24, 2.45) is 0 Å². The molecule has 1 amide bonds. The van der Waals surface area contributed by atoms with Crippen molar-refractivity contribution in [1.29, 1.82) is 0 Å². The first-order chi connectivity index (χ1) is 13.0. The van der Waals surface area contributed by atoms with Crippen LogP contribution in [0.25, 0.3) is 10.2 Å². The van der Waals surface area contributed by atoms with Gasteiger partial charge in [0.2, 0.25) is 5.91 Å². The van der Waals surface area contributed by atoms with Crippen LogP contribution in [0.1, 0.15) is 22.0 Å². The molecule has 0 aliphatic carbocycles. The molecule has 0 spiro atoms. The number of fused-ring (bicyclic) bond motifs is 1. The SMILES string of the molecule is Cc1sc2ncnc(SCC(=O)NCC(c3ccccc3)N(C)C)c2c1C. The molecule has 3 rings (SSSR count). The lowest BCUT2D eigenvalue weighted by Crippen LogP contribution is -2.35. The van der Waals surface area contributed by atoms with Gasteiger partial charge in [-0.1, -0.05) is 42.1 Å². The van der Waals surface area contributed by atoms with Crippen LogP contribution in [0, 0.1) is 13.8 Å². The number of benzene rings is 1. The van der Waals surface area contributed by atoms with Gasteiger partial charge in [0.05, 0.1) is 11.8 Å². The Kier molecular flexibility index (Phi) is 6.46. The van der Waals surface area contributed by atoms with Gasteiger partial charge in [0.15, 0.2) is 0 Å². The summed E-state index contributed by atoms with van der Waals surface area (Å²) in [4.78, 5) is 25.5. The number of thioether (sulfide) groups is 1. The van der Waals surface area contributed by atoms with Gasteiger partial charge in [0.25, 0.3) is 0 Å². The molecular weight excluding hydrogens is 376 g/mol. The number of thiophene rings is 1. The second kappa shape index (κ2) is 8.82. The summed E-state index contributed by atoms with van der Waals surface area (Å²) in [6.45, 7) is 4.75. The molecule has 3 aromatic rings. The molecule has 0 saturated heterocycles. The van der Waals surface area contributed by atoms with E-state index < -0.39 is 0 Å². The fourth-order valence-electron chi connectivity index (χ4n) is 2.93. The molecule has 0 fully saturated rings. The van der Waals surface area contributed by atoms with Crippen LogP contribution in [0.4, 0.5) is 0 Å². The number of aryl methyl sites for hydroxylation is 2. The Morgan fingerprint density at radius 2 is 1.96 bits per heavy atom. The molecule has 5 nitrogen and oxygen atoms in total. The van der Waals surface area contributed by atoms with Gasteiger partial charge < -0.3 is 10.2 Å². The molecule has 142 valence electrons. The number of carbonyl (C=O) groups excluding carboxylic acids is 1. The van der Waals surface area contributed by atoms with Crippen molar-refractivity contribution in [1.82, 2.24) is 20.2 Å². The maximum Gasteiger partial charge on any atom is 0.230 e. The van der Waals surface area contributed by atoms with Crippen LogP contribution in [0.5, 0.6) is 0 Å². The van der Waals surface area contributed by atoms with Crippen molar-refractivity contribution >= 4 is 39.2 Å². The standard InChI is InChI=1S/C20H24N4OS2/c1-13-14(2)27-20-18(13)19(22-12-23-20)26-11-17(25)21-10-16(24(3)4)15-8-6-5-7-9-15/h5-9,12,16H,10-11H2,1-4H3,(H,21,25). The first kappa shape index (κ1) is 19.8. The molecule has 2 aromatic heterocycles. The molecule has 7 heteroatoms. The predicted molar refractivity (Wildman–Crippen MR) is 113 cm³/mol. The van der Waals surface area contributed by atoms with Crippen LogP contribution in [-0.2, 0) is 4.79 Å². The van der Waals surface area contributed by atoms with E-state index in [4.69, 9.17) is 0 Å². The van der Waals surface area contributed by atoms with Gasteiger partial charge in [-0.2, -0.15) is 0 Å². The highest BCUT2D eigenvalue weighted by Crippen LogP contribution is 2.34. The van der Waals surface area contributed by atoms with Crippen LogP contribution < -0.4 is 5.32 Å². The predicted octanol–water partition coefficient (Wildman–Crippen LogP) is 3.82. The molecule has 2 heterocycles. The van der Waals surface area contributed by atoms with E-state index in [2.05, 4.69) is 46.2 Å². The maximum absolute atomic E-state index is 12.4. The molecule has 1 aromatic carbocycles. The number of carbonyl (C=O) groups is 1. The molecule has 0 saturated carbocycles. The Hall–Kier alpha value is -1.96. The largest absolute Gasteiger partial charge is 0.353 e. The molecule has 0 bridgehead atoms. The van der Waals surface area contributed by atoms with Crippen LogP contribution >= 0.6 is 23.1 Å². The highest BCUT2D eigenvalue weighted by Gasteiger charge is 2.16. The lowest BCUT2D eigenvalue weighted by molar-refractivity contribution is -0.118. The maximum atomic E-state index is 12.4. The summed E-state index contributed by atoms with van der Waals surface area (Å²) in [6.07, 6.45) is 1.58. The summed E-state index contributed by atoms with van der Waals surface area (Å²) < 4.78 is 0. The lowest BCUT2D eigenvalue weighted by Gasteiger charge is -2.25. The molecular formula is C20H24N4OS2. The second-order valence-corrected chi connectivity index (χ2v) is 8.79. The molecule has 27 heavy (non-hydrogen) atoms. The fraction of sp³-hybridized carbons (Fsp3) is 0.350. The van der Waals surface area contributed by atoms with E-state index in [0.717, 1.165) is 15.2 Å². The topological polar surface area (TPSA) is 58.1 Å². The number of hydrogen-bond donors (Lipinski definition) is 1. The summed E-state index contributed by atoms with van der Waals surface area (Å²) in [5.74, 6) is 0.356. The number of nitrogens with one attached hydrogen (secondary N) is 1. The summed E-state index contributed by atoms with van der Waals surface area (Å²) >= 11 is 3.14. The zero-order valence-corrected chi connectivity index (χ0v) is 17.7. The van der Waals surface area contributed by atoms with Gasteiger partial charge >= 0.3 is 0 Å². The Bertz CT molecular complexity index is 924. The summed E-state index contributed by atoms with van der Waals surface area (Å²) in [5, 5.41) is 5.01. The van der Waals surface area contributed by atoms with E-state index in [0.29, 0.717) is 12.3 Å². The summed E-state index contributed by atoms with van der Waals surface area (Å²) in [7, 11) is 4.05. The molecule has 0 aliphatic heterocycles. The zero-order chi connectivity index (χ0) is 19.4. The zero-order valence-electron chi connectivity index (χ0n) is 16.0. The quantitative estimate of drug-likeness (QED) is 0.483. The smallest absolute Gasteiger partial charge is 0.230 e. The molecule has 1 N–H and O–H groups in total. The lowest BCUT2D eigenvalue weighted by atomic mass is 10.1. The van der Waals surface area contributed by atoms with Crippen molar-refractivity contribution in [3.63, 3.8) is 0 Å². The van der Waals surface area contributed by atoms with Crippen molar-refractivity contribution in [2.75, 3.05) is 26.4 Å². The van der Waals surface area contributed by atoms with E-state index in [9.17, 15) is 4.79 Å². The van der Waals surface area contributed by atoms with Gasteiger partial charge in [0.1, 0.15) is 16.2 Å². The van der Waals surface area contributed by atoms with E-state index >= 15 is 0 Å². The van der Waals surface area contributed by atoms with Crippen LogP contribution in [0.15, 0.2) is 41.7 Å². The van der Waals surface area contributed by atoms with Gasteiger partial charge in [-0.15, -0.1) is 11.3 Å². The van der Waals surface area contributed by atoms with E-state index in [1.807, 2.05) is 32.3 Å². The highest BCUT2D eigenvalue weighted by molar-refractivity contribution is 8.00. The Labute approximate surface area is 168 Å². The van der Waals surface area contributed by atoms with Crippen LogP contribution in [-0.4, -0.2) is 47.2 Å². The number of rotatable bonds is 7. The minimum atomic E-state index is 0.0131. The molecule has 0 radical (unpaired) electrons. The van der Waals surface area contributed by atoms with E-state index in [-0.39, 0.29) is 11.9 Å². The summed E-state index contributed by atoms with van der Waals surface area (Å²) in [5.41, 5.74) is 2.40. The van der Waals surface area contributed by atoms with Crippen molar-refractivity contribution < 1.29 is 4.79 Å². The van der Waals surface area contributed by atoms with E-state index in [1.165, 1.54) is 27.8 Å². The average molecular weight is 401 g/mol. The second-order valence-electron chi connectivity index (χ2n) is 6.63. The fourth-order valence-corrected chi connectivity index (χ4v) is 4.88. The van der Waals surface area contributed by atoms with Crippen molar-refractivity contribution in [2.45, 2.75) is 24.9 Å². The van der Waals surface area contributed by atoms with Gasteiger partial charge in [-0.05, 0) is 39.1 Å². The van der Waals surface area contributed by atoms with Gasteiger partial charge in [-0.3, -0.25) is 4.79 Å². The number of likely N-dealkylation sites (N-methyl/N-ethyl adjacent to an activating group) is 1. The third-order valence-electron chi connectivity index (χ3n) is 4.57. The van der Waals surface area contributed by atoms with Crippen molar-refractivity contribution in [3.8, 4) is 0 Å². The number of aromatic nitrogens is 2. The first-order valence-corrected chi connectivity index (χ1v) is 10.6. The Morgan fingerprint density at radius 3 is 2.67 bits per heavy atom. The Morgan fingerprint density at radius 1 is 1.22 bits per heavy atom. The minimum Gasteiger partial charge on any atom is -0.353 e. The molecule has 1 unspecified atom stereocenters. The number of nitrogens with zero attached hydrogens (tertiary/aromatic N) is 3. The van der Waals surface area contributed by atoms with Crippen LogP contribution in [0.2, 0.25) is 0 Å². The normalized spacial score (nSPS) is 12.5. The minimum absolute atomic E-state index is 0.0131. The third kappa shape index (κ3) is 4.66. The van der Waals surface area contributed by atoms with Gasteiger partial charge in [-0.25, -0.2) is 9.97 Å². The monoisotopic (exact) mass is 400 g/mol. The van der Waals surface area contributed by atoms with Gasteiger partial charge in [0, 0.05) is 16.8 Å². The highest BCUT2D eigenvalue weighted by atomic mass is 32.2. The molecule has 1 atom stereocenters. The van der Waals surface area contributed by atoms with Crippen LogP contribution in [0.3, 0.4) is 0 Å². The number of hydrogen-bond acceptors (Lipinski definition) is 6. The Balaban J connectivity index is 1.62. The van der Waals surface area contributed by atoms with Crippen molar-refractivity contribution in [3.05, 3.63) is 52.7 Å². The number of amides is 1. The molecule has 0 aliphatic rings.